The number of rotatable bonds is 5. The van der Waals surface area contributed by atoms with Crippen molar-refractivity contribution in [2.75, 3.05) is 13.2 Å². The predicted molar refractivity (Wildman–Crippen MR) is 65.6 cm³/mol. The zero-order chi connectivity index (χ0) is 12.0. The molecule has 0 amide bonds. The van der Waals surface area contributed by atoms with Crippen molar-refractivity contribution in [1.29, 1.82) is 0 Å². The fourth-order valence-electron chi connectivity index (χ4n) is 1.25. The van der Waals surface area contributed by atoms with Gasteiger partial charge in [-0.1, -0.05) is 15.9 Å². The number of esters is 1. The standard InChI is InChI=1S/C12H15BrO3/c1-3-15-12(14)6-7-16-11-5-4-10(13)8-9(11)2/h4-5,8H,3,6-7H2,1-2H3. The van der Waals surface area contributed by atoms with Gasteiger partial charge in [0.15, 0.2) is 0 Å². The second kappa shape index (κ2) is 6.53. The van der Waals surface area contributed by atoms with Crippen molar-refractivity contribution < 1.29 is 14.3 Å². The number of aryl methyl sites for hydroxylation is 1. The largest absolute Gasteiger partial charge is 0.493 e. The van der Waals surface area contributed by atoms with Crippen LogP contribution in [0.5, 0.6) is 5.75 Å². The molecule has 0 atom stereocenters. The lowest BCUT2D eigenvalue weighted by molar-refractivity contribution is -0.143. The molecule has 88 valence electrons. The Balaban J connectivity index is 2.40. The van der Waals surface area contributed by atoms with Gasteiger partial charge >= 0.3 is 5.97 Å². The molecule has 1 aromatic carbocycles. The van der Waals surface area contributed by atoms with Crippen LogP contribution in [-0.4, -0.2) is 19.2 Å². The Bertz CT molecular complexity index is 363. The quantitative estimate of drug-likeness (QED) is 0.781. The molecular weight excluding hydrogens is 272 g/mol. The number of benzene rings is 1. The van der Waals surface area contributed by atoms with Crippen LogP contribution in [0.15, 0.2) is 22.7 Å². The number of carbonyl (C=O) groups excluding carboxylic acids is 1. The topological polar surface area (TPSA) is 35.5 Å². The van der Waals surface area contributed by atoms with Gasteiger partial charge in [0.1, 0.15) is 5.75 Å². The van der Waals surface area contributed by atoms with E-state index in [1.54, 1.807) is 6.92 Å². The molecule has 0 fully saturated rings. The Kier molecular flexibility index (Phi) is 5.32. The number of hydrogen-bond donors (Lipinski definition) is 0. The van der Waals surface area contributed by atoms with Crippen LogP contribution in [-0.2, 0) is 9.53 Å². The molecule has 1 aromatic rings. The molecule has 0 spiro atoms. The Hall–Kier alpha value is -1.03. The van der Waals surface area contributed by atoms with Crippen LogP contribution in [0.25, 0.3) is 0 Å². The molecule has 3 nitrogen and oxygen atoms in total. The SMILES string of the molecule is CCOC(=O)CCOc1ccc(Br)cc1C. The fourth-order valence-corrected chi connectivity index (χ4v) is 1.73. The maximum atomic E-state index is 11.1. The third-order valence-corrected chi connectivity index (χ3v) is 2.50. The van der Waals surface area contributed by atoms with E-state index in [4.69, 9.17) is 9.47 Å². The first kappa shape index (κ1) is 13.0. The molecule has 0 unspecified atom stereocenters. The summed E-state index contributed by atoms with van der Waals surface area (Å²) in [7, 11) is 0. The first-order valence-corrected chi connectivity index (χ1v) is 5.97. The van der Waals surface area contributed by atoms with E-state index in [9.17, 15) is 4.79 Å². The Morgan fingerprint density at radius 3 is 2.81 bits per heavy atom. The lowest BCUT2D eigenvalue weighted by Crippen LogP contribution is -2.09. The molecule has 0 aliphatic carbocycles. The molecular formula is C12H15BrO3. The van der Waals surface area contributed by atoms with Crippen LogP contribution < -0.4 is 4.74 Å². The van der Waals surface area contributed by atoms with Crippen LogP contribution in [0.3, 0.4) is 0 Å². The minimum Gasteiger partial charge on any atom is -0.493 e. The van der Waals surface area contributed by atoms with Crippen molar-refractivity contribution in [3.05, 3.63) is 28.2 Å². The molecule has 0 aliphatic heterocycles. The van der Waals surface area contributed by atoms with E-state index in [1.165, 1.54) is 0 Å². The fraction of sp³-hybridized carbons (Fsp3) is 0.417. The smallest absolute Gasteiger partial charge is 0.309 e. The molecule has 0 heterocycles. The van der Waals surface area contributed by atoms with Gasteiger partial charge in [-0.2, -0.15) is 0 Å². The van der Waals surface area contributed by atoms with Gasteiger partial charge < -0.3 is 9.47 Å². The van der Waals surface area contributed by atoms with Crippen LogP contribution in [0.4, 0.5) is 0 Å². The molecule has 0 aliphatic rings. The van der Waals surface area contributed by atoms with Crippen molar-refractivity contribution in [3.63, 3.8) is 0 Å². The summed E-state index contributed by atoms with van der Waals surface area (Å²) in [5.41, 5.74) is 1.04. The maximum Gasteiger partial charge on any atom is 0.309 e. The van der Waals surface area contributed by atoms with E-state index in [2.05, 4.69) is 15.9 Å². The third kappa shape index (κ3) is 4.23. The summed E-state index contributed by atoms with van der Waals surface area (Å²) < 4.78 is 11.3. The van der Waals surface area contributed by atoms with E-state index in [-0.39, 0.29) is 12.4 Å². The second-order valence-electron chi connectivity index (χ2n) is 3.31. The highest BCUT2D eigenvalue weighted by atomic mass is 79.9. The van der Waals surface area contributed by atoms with Crippen LogP contribution in [0.2, 0.25) is 0 Å². The van der Waals surface area contributed by atoms with E-state index in [0.717, 1.165) is 15.8 Å². The van der Waals surface area contributed by atoms with E-state index in [1.807, 2.05) is 25.1 Å². The summed E-state index contributed by atoms with van der Waals surface area (Å²) in [5.74, 6) is 0.574. The number of carbonyl (C=O) groups is 1. The number of halogens is 1. The zero-order valence-corrected chi connectivity index (χ0v) is 11.0. The molecule has 0 radical (unpaired) electrons. The first-order valence-electron chi connectivity index (χ1n) is 5.18. The summed E-state index contributed by atoms with van der Waals surface area (Å²) in [6.45, 7) is 4.51. The second-order valence-corrected chi connectivity index (χ2v) is 4.23. The molecule has 0 aromatic heterocycles. The van der Waals surface area contributed by atoms with Crippen molar-refractivity contribution >= 4 is 21.9 Å². The molecule has 1 rings (SSSR count). The zero-order valence-electron chi connectivity index (χ0n) is 9.46. The first-order chi connectivity index (χ1) is 7.63. The van der Waals surface area contributed by atoms with Gasteiger partial charge in [-0.15, -0.1) is 0 Å². The normalized spacial score (nSPS) is 9.94. The molecule has 16 heavy (non-hydrogen) atoms. The van der Waals surface area contributed by atoms with Gasteiger partial charge in [0.2, 0.25) is 0 Å². The lowest BCUT2D eigenvalue weighted by atomic mass is 10.2. The van der Waals surface area contributed by atoms with Crippen LogP contribution >= 0.6 is 15.9 Å². The summed E-state index contributed by atoms with van der Waals surface area (Å²) in [5, 5.41) is 0. The summed E-state index contributed by atoms with van der Waals surface area (Å²) in [6.07, 6.45) is 0.281. The van der Waals surface area contributed by atoms with Crippen molar-refractivity contribution in [3.8, 4) is 5.75 Å². The average molecular weight is 287 g/mol. The van der Waals surface area contributed by atoms with Crippen LogP contribution in [0.1, 0.15) is 18.9 Å². The maximum absolute atomic E-state index is 11.1. The van der Waals surface area contributed by atoms with Crippen LogP contribution in [0, 0.1) is 6.92 Å². The monoisotopic (exact) mass is 286 g/mol. The molecule has 4 heteroatoms. The highest BCUT2D eigenvalue weighted by Gasteiger charge is 2.04. The molecule has 0 bridgehead atoms. The Labute approximate surface area is 104 Å². The lowest BCUT2D eigenvalue weighted by Gasteiger charge is -2.08. The van der Waals surface area contributed by atoms with E-state index in [0.29, 0.717) is 13.2 Å². The summed E-state index contributed by atoms with van der Waals surface area (Å²) >= 11 is 3.38. The highest BCUT2D eigenvalue weighted by molar-refractivity contribution is 9.10. The van der Waals surface area contributed by atoms with Gasteiger partial charge in [-0.25, -0.2) is 0 Å². The summed E-state index contributed by atoms with van der Waals surface area (Å²) in [4.78, 5) is 11.1. The minimum atomic E-state index is -0.225. The third-order valence-electron chi connectivity index (χ3n) is 2.01. The molecule has 0 saturated carbocycles. The van der Waals surface area contributed by atoms with E-state index < -0.39 is 0 Å². The van der Waals surface area contributed by atoms with Gasteiger partial charge in [0.25, 0.3) is 0 Å². The highest BCUT2D eigenvalue weighted by Crippen LogP contribution is 2.22. The molecule has 0 saturated heterocycles. The van der Waals surface area contributed by atoms with E-state index >= 15 is 0 Å². The molecule has 0 N–H and O–H groups in total. The van der Waals surface area contributed by atoms with Gasteiger partial charge in [0.05, 0.1) is 19.6 Å². The van der Waals surface area contributed by atoms with Gasteiger partial charge in [-0.05, 0) is 37.6 Å². The van der Waals surface area contributed by atoms with Gasteiger partial charge in [-0.3, -0.25) is 4.79 Å². The minimum absolute atomic E-state index is 0.225. The van der Waals surface area contributed by atoms with Crippen molar-refractivity contribution in [2.24, 2.45) is 0 Å². The van der Waals surface area contributed by atoms with Crippen molar-refractivity contribution in [2.45, 2.75) is 20.3 Å². The number of hydrogen-bond acceptors (Lipinski definition) is 3. The predicted octanol–water partition coefficient (Wildman–Crippen LogP) is 3.09. The van der Waals surface area contributed by atoms with Gasteiger partial charge in [0, 0.05) is 4.47 Å². The van der Waals surface area contributed by atoms with Crippen molar-refractivity contribution in [1.82, 2.24) is 0 Å². The Morgan fingerprint density at radius 2 is 2.19 bits per heavy atom. The Morgan fingerprint density at radius 1 is 1.44 bits per heavy atom. The summed E-state index contributed by atoms with van der Waals surface area (Å²) in [6, 6.07) is 5.76. The number of ether oxygens (including phenoxy) is 2. The average Bonchev–Trinajstić information content (AvgIpc) is 2.22.